The number of anilines is 2. The minimum Gasteiger partial charge on any atom is -0.398 e. The van der Waals surface area contributed by atoms with Crippen molar-refractivity contribution in [2.45, 2.75) is 13.0 Å². The summed E-state index contributed by atoms with van der Waals surface area (Å²) in [6, 6.07) is 4.47. The first kappa shape index (κ1) is 12.2. The average Bonchev–Trinajstić information content (AvgIpc) is 2.42. The minimum atomic E-state index is -0.553. The average molecular weight is 245 g/mol. The Bertz CT molecular complexity index is 525. The van der Waals surface area contributed by atoms with Crippen molar-refractivity contribution in [3.05, 3.63) is 36.4 Å². The van der Waals surface area contributed by atoms with Crippen LogP contribution < -0.4 is 11.1 Å². The SMILES string of the molecule is C=CCN1C(=O)c2c(N)cccc2NC(=O)C1C. The molecule has 1 aliphatic rings. The molecule has 2 rings (SSSR count). The molecule has 0 spiro atoms. The quantitative estimate of drug-likeness (QED) is 0.608. The highest BCUT2D eigenvalue weighted by Crippen LogP contribution is 2.27. The Morgan fingerprint density at radius 3 is 2.89 bits per heavy atom. The second-order valence-corrected chi connectivity index (χ2v) is 4.18. The van der Waals surface area contributed by atoms with Gasteiger partial charge in [0.15, 0.2) is 0 Å². The smallest absolute Gasteiger partial charge is 0.259 e. The summed E-state index contributed by atoms with van der Waals surface area (Å²) in [6.07, 6.45) is 1.59. The van der Waals surface area contributed by atoms with Gasteiger partial charge in [0.1, 0.15) is 6.04 Å². The fourth-order valence-corrected chi connectivity index (χ4v) is 1.99. The van der Waals surface area contributed by atoms with Gasteiger partial charge in [0, 0.05) is 12.2 Å². The molecular formula is C13H15N3O2. The molecule has 1 atom stereocenters. The molecule has 0 saturated carbocycles. The van der Waals surface area contributed by atoms with E-state index in [9.17, 15) is 9.59 Å². The van der Waals surface area contributed by atoms with E-state index in [1.54, 1.807) is 31.2 Å². The highest BCUT2D eigenvalue weighted by atomic mass is 16.2. The van der Waals surface area contributed by atoms with Gasteiger partial charge in [0.05, 0.1) is 11.3 Å². The third kappa shape index (κ3) is 1.84. The lowest BCUT2D eigenvalue weighted by Gasteiger charge is -2.24. The normalized spacial score (nSPS) is 18.9. The van der Waals surface area contributed by atoms with Gasteiger partial charge < -0.3 is 16.0 Å². The lowest BCUT2D eigenvalue weighted by molar-refractivity contribution is -0.119. The topological polar surface area (TPSA) is 75.4 Å². The van der Waals surface area contributed by atoms with Crippen LogP contribution in [0.15, 0.2) is 30.9 Å². The number of benzene rings is 1. The number of amides is 2. The van der Waals surface area contributed by atoms with E-state index < -0.39 is 6.04 Å². The van der Waals surface area contributed by atoms with Gasteiger partial charge in [-0.1, -0.05) is 12.1 Å². The molecule has 1 aliphatic heterocycles. The number of carbonyl (C=O) groups excluding carboxylic acids is 2. The molecule has 1 unspecified atom stereocenters. The first-order valence-corrected chi connectivity index (χ1v) is 5.67. The van der Waals surface area contributed by atoms with Crippen molar-refractivity contribution < 1.29 is 9.59 Å². The largest absolute Gasteiger partial charge is 0.398 e. The summed E-state index contributed by atoms with van der Waals surface area (Å²) >= 11 is 0. The van der Waals surface area contributed by atoms with Crippen molar-refractivity contribution in [1.29, 1.82) is 0 Å². The van der Waals surface area contributed by atoms with Crippen molar-refractivity contribution >= 4 is 23.2 Å². The molecule has 5 nitrogen and oxygen atoms in total. The number of hydrogen-bond donors (Lipinski definition) is 2. The third-order valence-electron chi connectivity index (χ3n) is 3.00. The van der Waals surface area contributed by atoms with Gasteiger partial charge in [0.25, 0.3) is 5.91 Å². The Labute approximate surface area is 105 Å². The molecule has 5 heteroatoms. The van der Waals surface area contributed by atoms with Gasteiger partial charge in [-0.15, -0.1) is 6.58 Å². The van der Waals surface area contributed by atoms with E-state index >= 15 is 0 Å². The van der Waals surface area contributed by atoms with E-state index in [4.69, 9.17) is 5.73 Å². The van der Waals surface area contributed by atoms with E-state index in [0.717, 1.165) is 0 Å². The highest BCUT2D eigenvalue weighted by molar-refractivity contribution is 6.12. The fourth-order valence-electron chi connectivity index (χ4n) is 1.99. The molecule has 94 valence electrons. The van der Waals surface area contributed by atoms with Crippen LogP contribution in [-0.2, 0) is 4.79 Å². The van der Waals surface area contributed by atoms with E-state index in [2.05, 4.69) is 11.9 Å². The zero-order chi connectivity index (χ0) is 13.3. The fraction of sp³-hybridized carbons (Fsp3) is 0.231. The predicted octanol–water partition coefficient (Wildman–Crippen LogP) is 1.24. The second-order valence-electron chi connectivity index (χ2n) is 4.18. The number of nitrogen functional groups attached to an aromatic ring is 1. The third-order valence-corrected chi connectivity index (χ3v) is 3.00. The molecule has 1 aromatic carbocycles. The summed E-state index contributed by atoms with van der Waals surface area (Å²) in [6.45, 7) is 5.59. The molecule has 0 radical (unpaired) electrons. The van der Waals surface area contributed by atoms with Gasteiger partial charge in [-0.2, -0.15) is 0 Å². The van der Waals surface area contributed by atoms with Crippen LogP contribution in [0.4, 0.5) is 11.4 Å². The van der Waals surface area contributed by atoms with Crippen LogP contribution in [0.25, 0.3) is 0 Å². The first-order chi connectivity index (χ1) is 8.56. The minimum absolute atomic E-state index is 0.227. The summed E-state index contributed by atoms with van der Waals surface area (Å²) in [5.41, 5.74) is 6.99. The summed E-state index contributed by atoms with van der Waals surface area (Å²) in [5, 5.41) is 2.72. The van der Waals surface area contributed by atoms with E-state index in [1.165, 1.54) is 4.90 Å². The summed E-state index contributed by atoms with van der Waals surface area (Å²) in [5.74, 6) is -0.483. The number of hydrogen-bond acceptors (Lipinski definition) is 3. The van der Waals surface area contributed by atoms with E-state index in [-0.39, 0.29) is 11.8 Å². The van der Waals surface area contributed by atoms with E-state index in [0.29, 0.717) is 23.5 Å². The Kier molecular flexibility index (Phi) is 3.06. The number of nitrogens with zero attached hydrogens (tertiary/aromatic N) is 1. The molecule has 3 N–H and O–H groups in total. The molecule has 2 amide bonds. The standard InChI is InChI=1S/C13H15N3O2/c1-3-7-16-8(2)12(17)15-10-6-4-5-9(14)11(10)13(16)18/h3-6,8H,1,7,14H2,2H3,(H,15,17). The monoisotopic (exact) mass is 245 g/mol. The Balaban J connectivity index is 2.56. The maximum atomic E-state index is 12.4. The van der Waals surface area contributed by atoms with E-state index in [1.807, 2.05) is 0 Å². The zero-order valence-corrected chi connectivity index (χ0v) is 10.1. The van der Waals surface area contributed by atoms with Crippen molar-refractivity contribution in [1.82, 2.24) is 4.90 Å². The number of nitrogens with one attached hydrogen (secondary N) is 1. The van der Waals surface area contributed by atoms with Gasteiger partial charge in [-0.25, -0.2) is 0 Å². The lowest BCUT2D eigenvalue weighted by atomic mass is 10.1. The summed E-state index contributed by atoms with van der Waals surface area (Å²) in [4.78, 5) is 25.8. The van der Waals surface area contributed by atoms with Crippen LogP contribution in [0.1, 0.15) is 17.3 Å². The van der Waals surface area contributed by atoms with Crippen molar-refractivity contribution in [3.8, 4) is 0 Å². The molecule has 0 aromatic heterocycles. The van der Waals surface area contributed by atoms with Crippen LogP contribution in [0.5, 0.6) is 0 Å². The second kappa shape index (κ2) is 4.52. The Hall–Kier alpha value is -2.30. The zero-order valence-electron chi connectivity index (χ0n) is 10.1. The van der Waals surface area contributed by atoms with Gasteiger partial charge >= 0.3 is 0 Å². The number of fused-ring (bicyclic) bond motifs is 1. The number of nitrogens with two attached hydrogens (primary N) is 1. The molecule has 0 fully saturated rings. The van der Waals surface area contributed by atoms with Crippen LogP contribution in [-0.4, -0.2) is 29.3 Å². The van der Waals surface area contributed by atoms with Crippen LogP contribution >= 0.6 is 0 Å². The van der Waals surface area contributed by atoms with Crippen LogP contribution in [0.3, 0.4) is 0 Å². The van der Waals surface area contributed by atoms with Gasteiger partial charge in [-0.05, 0) is 19.1 Å². The van der Waals surface area contributed by atoms with Crippen molar-refractivity contribution in [3.63, 3.8) is 0 Å². The molecule has 0 bridgehead atoms. The number of carbonyl (C=O) groups is 2. The molecule has 0 aliphatic carbocycles. The molecule has 1 heterocycles. The molecule has 18 heavy (non-hydrogen) atoms. The van der Waals surface area contributed by atoms with Crippen LogP contribution in [0.2, 0.25) is 0 Å². The van der Waals surface area contributed by atoms with Gasteiger partial charge in [0.2, 0.25) is 5.91 Å². The van der Waals surface area contributed by atoms with Crippen molar-refractivity contribution in [2.75, 3.05) is 17.6 Å². The van der Waals surface area contributed by atoms with Crippen LogP contribution in [0, 0.1) is 0 Å². The maximum Gasteiger partial charge on any atom is 0.259 e. The maximum absolute atomic E-state index is 12.4. The molecule has 0 saturated heterocycles. The highest BCUT2D eigenvalue weighted by Gasteiger charge is 2.32. The lowest BCUT2D eigenvalue weighted by Crippen LogP contribution is -2.43. The van der Waals surface area contributed by atoms with Gasteiger partial charge in [-0.3, -0.25) is 9.59 Å². The Morgan fingerprint density at radius 1 is 1.50 bits per heavy atom. The summed E-state index contributed by atoms with van der Waals surface area (Å²) in [7, 11) is 0. The number of rotatable bonds is 2. The predicted molar refractivity (Wildman–Crippen MR) is 70.2 cm³/mol. The van der Waals surface area contributed by atoms with Crippen molar-refractivity contribution in [2.24, 2.45) is 0 Å². The summed E-state index contributed by atoms with van der Waals surface area (Å²) < 4.78 is 0. The molecular weight excluding hydrogens is 230 g/mol. The Morgan fingerprint density at radius 2 is 2.22 bits per heavy atom. The first-order valence-electron chi connectivity index (χ1n) is 5.67. The molecule has 1 aromatic rings.